The van der Waals surface area contributed by atoms with Gasteiger partial charge in [0.15, 0.2) is 0 Å². The van der Waals surface area contributed by atoms with Gasteiger partial charge in [0.2, 0.25) is 0 Å². The fraction of sp³-hybridized carbons (Fsp3) is 0.0769. The first-order valence-corrected chi connectivity index (χ1v) is 9.89. The molecule has 0 N–H and O–H groups in total. The molecule has 3 nitrogen and oxygen atoms in total. The van der Waals surface area contributed by atoms with Crippen LogP contribution in [0.5, 0.6) is 0 Å². The first-order chi connectivity index (χ1) is 15.2. The Kier molecular flexibility index (Phi) is 8.48. The van der Waals surface area contributed by atoms with Gasteiger partial charge in [-0.2, -0.15) is 37.0 Å². The van der Waals surface area contributed by atoms with Crippen LogP contribution in [0.15, 0.2) is 91.1 Å². The van der Waals surface area contributed by atoms with E-state index >= 15 is 0 Å². The van der Waals surface area contributed by atoms with Gasteiger partial charge in [0.1, 0.15) is 0 Å². The van der Waals surface area contributed by atoms with Gasteiger partial charge in [0.25, 0.3) is 0 Å². The van der Waals surface area contributed by atoms with Crippen molar-refractivity contribution >= 4 is 11.4 Å². The van der Waals surface area contributed by atoms with Gasteiger partial charge >= 0.3 is 20.1 Å². The third-order valence-electron chi connectivity index (χ3n) is 4.73. The van der Waals surface area contributed by atoms with Crippen LogP contribution in [-0.4, -0.2) is 18.1 Å². The second-order valence-electron chi connectivity index (χ2n) is 6.84. The smallest absolute Gasteiger partial charge is 0.522 e. The van der Waals surface area contributed by atoms with E-state index in [1.165, 1.54) is 5.69 Å². The van der Waals surface area contributed by atoms with Gasteiger partial charge < -0.3 is 14.8 Å². The van der Waals surface area contributed by atoms with Crippen molar-refractivity contribution in [3.05, 3.63) is 122 Å². The summed E-state index contributed by atoms with van der Waals surface area (Å²) < 4.78 is 25.8. The minimum absolute atomic E-state index is 0. The molecule has 5 rings (SSSR count). The molecule has 0 atom stereocenters. The van der Waals surface area contributed by atoms with E-state index in [-0.39, 0.29) is 25.7 Å². The molecule has 4 aromatic rings. The molecular weight excluding hydrogens is 585 g/mol. The molecule has 1 saturated heterocycles. The van der Waals surface area contributed by atoms with E-state index in [1.54, 1.807) is 24.4 Å². The number of para-hydroxylation sites is 2. The van der Waals surface area contributed by atoms with Crippen molar-refractivity contribution in [3.63, 3.8) is 0 Å². The molecule has 0 bridgehead atoms. The van der Waals surface area contributed by atoms with Gasteiger partial charge in [-0.15, -0.1) is 17.8 Å². The monoisotopic (exact) mass is 605 g/mol. The van der Waals surface area contributed by atoms with Crippen LogP contribution in [0, 0.1) is 30.4 Å². The van der Waals surface area contributed by atoms with Gasteiger partial charge in [-0.25, -0.2) is 0 Å². The van der Waals surface area contributed by atoms with Crippen LogP contribution in [0.4, 0.5) is 20.2 Å². The van der Waals surface area contributed by atoms with Crippen LogP contribution in [0.2, 0.25) is 0 Å². The van der Waals surface area contributed by atoms with E-state index in [4.69, 9.17) is 0 Å². The number of hydrogen-bond donors (Lipinski definition) is 0. The van der Waals surface area contributed by atoms with Gasteiger partial charge in [-0.3, -0.25) is 8.78 Å². The van der Waals surface area contributed by atoms with Gasteiger partial charge in [0, 0.05) is 36.6 Å². The normalized spacial score (nSPS) is 12.6. The molecule has 0 spiro atoms. The standard InChI is InChI=1S/C15H14N2.C11H6F2N.Ir/c1-3-7-14(8-4-1)16-11-12-17(13-16)15-9-5-2-6-10-15;12-8-4-5-9(10(13)7-8)11-3-1-2-6-14-11;/h1-9,13H,11-12H2;1-4,6-7H;/q-2;-1;+3. The SMILES string of the molecule is Fc1c[c-]c(-c2ccccn2)c(F)c1.[Ir+3].[c-]1ccccc1N1[CH-]N(c2ccccc2)CC1. The summed E-state index contributed by atoms with van der Waals surface area (Å²) in [5.74, 6) is -1.29. The molecule has 3 aromatic carbocycles. The van der Waals surface area contributed by atoms with Crippen molar-refractivity contribution < 1.29 is 28.9 Å². The molecule has 0 amide bonds. The summed E-state index contributed by atoms with van der Waals surface area (Å²) in [6.45, 7) is 4.18. The Hall–Kier alpha value is -3.08. The van der Waals surface area contributed by atoms with Crippen molar-refractivity contribution in [1.29, 1.82) is 0 Å². The summed E-state index contributed by atoms with van der Waals surface area (Å²) in [6.07, 6.45) is 1.55. The summed E-state index contributed by atoms with van der Waals surface area (Å²) in [4.78, 5) is 8.44. The number of hydrogen-bond acceptors (Lipinski definition) is 3. The molecule has 0 radical (unpaired) electrons. The van der Waals surface area contributed by atoms with Gasteiger partial charge in [0.05, 0.1) is 0 Å². The number of benzene rings is 3. The van der Waals surface area contributed by atoms with Gasteiger partial charge in [-0.1, -0.05) is 42.0 Å². The summed E-state index contributed by atoms with van der Waals surface area (Å²) in [7, 11) is 0. The molecule has 1 aliphatic heterocycles. The predicted octanol–water partition coefficient (Wildman–Crippen LogP) is 5.76. The Morgan fingerprint density at radius 1 is 0.844 bits per heavy atom. The third kappa shape index (κ3) is 6.00. The maximum Gasteiger partial charge on any atom is 3.00 e. The second-order valence-corrected chi connectivity index (χ2v) is 6.84. The quantitative estimate of drug-likeness (QED) is 0.278. The van der Waals surface area contributed by atoms with Crippen LogP contribution in [0.3, 0.4) is 0 Å². The number of anilines is 2. The van der Waals surface area contributed by atoms with Crippen LogP contribution < -0.4 is 9.80 Å². The molecule has 0 unspecified atom stereocenters. The van der Waals surface area contributed by atoms with Gasteiger partial charge in [-0.05, 0) is 23.9 Å². The van der Waals surface area contributed by atoms with E-state index in [0.717, 1.165) is 30.9 Å². The van der Waals surface area contributed by atoms with E-state index in [2.05, 4.69) is 63.9 Å². The van der Waals surface area contributed by atoms with Crippen molar-refractivity contribution in [2.75, 3.05) is 22.9 Å². The van der Waals surface area contributed by atoms with Crippen molar-refractivity contribution in [3.8, 4) is 11.3 Å². The van der Waals surface area contributed by atoms with E-state index in [1.807, 2.05) is 24.3 Å². The van der Waals surface area contributed by atoms with Crippen LogP contribution in [0.1, 0.15) is 0 Å². The molecule has 0 saturated carbocycles. The van der Waals surface area contributed by atoms with E-state index in [9.17, 15) is 8.78 Å². The molecule has 1 fully saturated rings. The topological polar surface area (TPSA) is 19.4 Å². The van der Waals surface area contributed by atoms with Crippen molar-refractivity contribution in [2.45, 2.75) is 0 Å². The van der Waals surface area contributed by atoms with Crippen LogP contribution in [-0.2, 0) is 20.1 Å². The first-order valence-electron chi connectivity index (χ1n) is 9.89. The second kappa shape index (κ2) is 11.5. The fourth-order valence-electron chi connectivity index (χ4n) is 3.21. The maximum absolute atomic E-state index is 13.2. The number of halogens is 2. The zero-order valence-corrected chi connectivity index (χ0v) is 19.5. The average Bonchev–Trinajstić information content (AvgIpc) is 3.32. The molecule has 6 heteroatoms. The largest absolute Gasteiger partial charge is 3.00 e. The van der Waals surface area contributed by atoms with Crippen molar-refractivity contribution in [2.24, 2.45) is 0 Å². The third-order valence-corrected chi connectivity index (χ3v) is 4.73. The zero-order chi connectivity index (χ0) is 21.5. The molecule has 162 valence electrons. The molecule has 1 aliphatic rings. The Morgan fingerprint density at radius 3 is 2.28 bits per heavy atom. The first kappa shape index (κ1) is 23.6. The van der Waals surface area contributed by atoms with E-state index < -0.39 is 11.6 Å². The predicted molar refractivity (Wildman–Crippen MR) is 119 cm³/mol. The molecular formula is C26H20F2IrN3. The summed E-state index contributed by atoms with van der Waals surface area (Å²) in [5, 5.41) is 0. The van der Waals surface area contributed by atoms with Crippen molar-refractivity contribution in [1.82, 2.24) is 4.98 Å². The van der Waals surface area contributed by atoms with Crippen LogP contribution >= 0.6 is 0 Å². The summed E-state index contributed by atoms with van der Waals surface area (Å²) >= 11 is 0. The number of pyridine rings is 1. The molecule has 32 heavy (non-hydrogen) atoms. The Bertz CT molecular complexity index is 1050. The molecule has 1 aromatic heterocycles. The fourth-order valence-corrected chi connectivity index (χ4v) is 3.21. The average molecular weight is 605 g/mol. The zero-order valence-electron chi connectivity index (χ0n) is 17.1. The molecule has 0 aliphatic carbocycles. The summed E-state index contributed by atoms with van der Waals surface area (Å²) in [5.41, 5.74) is 3.01. The van der Waals surface area contributed by atoms with Crippen LogP contribution in [0.25, 0.3) is 11.3 Å². The number of rotatable bonds is 3. The van der Waals surface area contributed by atoms with E-state index in [0.29, 0.717) is 5.69 Å². The molecule has 2 heterocycles. The minimum Gasteiger partial charge on any atom is -0.522 e. The minimum atomic E-state index is -0.649. The Morgan fingerprint density at radius 2 is 1.59 bits per heavy atom. The number of nitrogens with zero attached hydrogens (tertiary/aromatic N) is 3. The summed E-state index contributed by atoms with van der Waals surface area (Å²) in [6, 6.07) is 31.3. The number of aromatic nitrogens is 1. The Balaban J connectivity index is 0.000000178. The Labute approximate surface area is 200 Å². The maximum atomic E-state index is 13.2.